The van der Waals surface area contributed by atoms with Crippen molar-refractivity contribution in [2.75, 3.05) is 0 Å². The Bertz CT molecular complexity index is 480. The molecule has 0 aromatic heterocycles. The van der Waals surface area contributed by atoms with Crippen LogP contribution in [0.1, 0.15) is 92.6 Å². The average molecular weight is 320 g/mol. The third-order valence-electron chi connectivity index (χ3n) is 4.53. The molecule has 0 fully saturated rings. The standard InChI is InChI=1S/C20H32O3/c1-3-4-5-6-7-8-9-10-11-12-13-17-19(22)14-16(2)18(15-21)20(17)23/h14-15,22-23H,3-13H2,1-2H3. The van der Waals surface area contributed by atoms with Gasteiger partial charge in [0.25, 0.3) is 0 Å². The second-order valence-corrected chi connectivity index (χ2v) is 6.50. The number of hydrogen-bond donors (Lipinski definition) is 2. The Kier molecular flexibility index (Phi) is 9.42. The van der Waals surface area contributed by atoms with E-state index in [-0.39, 0.29) is 11.5 Å². The molecule has 1 rings (SSSR count). The number of phenolic OH excluding ortho intramolecular Hbond substituents is 2. The van der Waals surface area contributed by atoms with Gasteiger partial charge in [-0.05, 0) is 31.4 Å². The van der Waals surface area contributed by atoms with Crippen molar-refractivity contribution in [2.45, 2.75) is 84.5 Å². The van der Waals surface area contributed by atoms with E-state index in [0.717, 1.165) is 12.8 Å². The predicted octanol–water partition coefficient (Wildman–Crippen LogP) is 5.68. The molecule has 0 spiro atoms. The number of unbranched alkanes of at least 4 members (excludes halogenated alkanes) is 9. The van der Waals surface area contributed by atoms with Crippen LogP contribution in [0.2, 0.25) is 0 Å². The molecule has 23 heavy (non-hydrogen) atoms. The zero-order valence-electron chi connectivity index (χ0n) is 14.7. The number of phenols is 2. The third-order valence-corrected chi connectivity index (χ3v) is 4.53. The molecular weight excluding hydrogens is 288 g/mol. The first-order chi connectivity index (χ1) is 11.1. The number of aromatic hydroxyl groups is 2. The van der Waals surface area contributed by atoms with Gasteiger partial charge < -0.3 is 10.2 Å². The van der Waals surface area contributed by atoms with Gasteiger partial charge in [0, 0.05) is 5.56 Å². The maximum Gasteiger partial charge on any atom is 0.154 e. The summed E-state index contributed by atoms with van der Waals surface area (Å²) in [5.41, 5.74) is 1.42. The highest BCUT2D eigenvalue weighted by molar-refractivity contribution is 5.83. The van der Waals surface area contributed by atoms with Gasteiger partial charge >= 0.3 is 0 Å². The fourth-order valence-electron chi connectivity index (χ4n) is 3.03. The van der Waals surface area contributed by atoms with Crippen molar-refractivity contribution in [2.24, 2.45) is 0 Å². The molecule has 3 heteroatoms. The maximum absolute atomic E-state index is 11.0. The smallest absolute Gasteiger partial charge is 0.154 e. The first-order valence-corrected chi connectivity index (χ1v) is 9.11. The molecule has 0 aliphatic heterocycles. The van der Waals surface area contributed by atoms with Crippen LogP contribution in [0.25, 0.3) is 0 Å². The molecule has 0 saturated heterocycles. The molecule has 0 aliphatic carbocycles. The monoisotopic (exact) mass is 320 g/mol. The molecule has 0 atom stereocenters. The van der Waals surface area contributed by atoms with Gasteiger partial charge in [0.2, 0.25) is 0 Å². The summed E-state index contributed by atoms with van der Waals surface area (Å²) in [5.74, 6) is 0.0509. The lowest BCUT2D eigenvalue weighted by atomic mass is 9.98. The van der Waals surface area contributed by atoms with Gasteiger partial charge in [0.05, 0.1) is 5.56 Å². The van der Waals surface area contributed by atoms with Crippen LogP contribution < -0.4 is 0 Å². The summed E-state index contributed by atoms with van der Waals surface area (Å²) in [7, 11) is 0. The second-order valence-electron chi connectivity index (χ2n) is 6.50. The van der Waals surface area contributed by atoms with E-state index in [1.807, 2.05) is 0 Å². The Balaban J connectivity index is 2.25. The lowest BCUT2D eigenvalue weighted by Crippen LogP contribution is -1.95. The molecule has 0 heterocycles. The van der Waals surface area contributed by atoms with Crippen molar-refractivity contribution in [3.63, 3.8) is 0 Å². The van der Waals surface area contributed by atoms with Crippen molar-refractivity contribution in [1.29, 1.82) is 0 Å². The van der Waals surface area contributed by atoms with E-state index in [4.69, 9.17) is 0 Å². The van der Waals surface area contributed by atoms with Crippen molar-refractivity contribution < 1.29 is 15.0 Å². The van der Waals surface area contributed by atoms with E-state index < -0.39 is 0 Å². The fraction of sp³-hybridized carbons (Fsp3) is 0.650. The number of hydrogen-bond acceptors (Lipinski definition) is 3. The highest BCUT2D eigenvalue weighted by Crippen LogP contribution is 2.33. The van der Waals surface area contributed by atoms with E-state index in [1.54, 1.807) is 13.0 Å². The zero-order chi connectivity index (χ0) is 17.1. The topological polar surface area (TPSA) is 57.5 Å². The van der Waals surface area contributed by atoms with Crippen LogP contribution in [0, 0.1) is 6.92 Å². The van der Waals surface area contributed by atoms with E-state index in [0.29, 0.717) is 29.4 Å². The molecule has 0 radical (unpaired) electrons. The predicted molar refractivity (Wildman–Crippen MR) is 95.4 cm³/mol. The van der Waals surface area contributed by atoms with Crippen LogP contribution in [0.4, 0.5) is 0 Å². The highest BCUT2D eigenvalue weighted by atomic mass is 16.3. The number of rotatable bonds is 12. The van der Waals surface area contributed by atoms with E-state index >= 15 is 0 Å². The van der Waals surface area contributed by atoms with Crippen molar-refractivity contribution in [3.05, 3.63) is 22.8 Å². The number of carbonyl (C=O) groups excluding carboxylic acids is 1. The average Bonchev–Trinajstić information content (AvgIpc) is 2.52. The SMILES string of the molecule is CCCCCCCCCCCCc1c(O)cc(C)c(C=O)c1O. The van der Waals surface area contributed by atoms with Crippen molar-refractivity contribution in [3.8, 4) is 11.5 Å². The maximum atomic E-state index is 11.0. The molecule has 2 N–H and O–H groups in total. The molecule has 0 amide bonds. The minimum Gasteiger partial charge on any atom is -0.508 e. The molecular formula is C20H32O3. The Labute approximate surface area is 140 Å². The first-order valence-electron chi connectivity index (χ1n) is 9.11. The Morgan fingerprint density at radius 2 is 1.43 bits per heavy atom. The van der Waals surface area contributed by atoms with Gasteiger partial charge in [-0.15, -0.1) is 0 Å². The number of carbonyl (C=O) groups is 1. The van der Waals surface area contributed by atoms with Crippen molar-refractivity contribution >= 4 is 6.29 Å². The van der Waals surface area contributed by atoms with Crippen LogP contribution in [-0.2, 0) is 6.42 Å². The molecule has 3 nitrogen and oxygen atoms in total. The van der Waals surface area contributed by atoms with Crippen LogP contribution in [0.15, 0.2) is 6.07 Å². The lowest BCUT2D eigenvalue weighted by Gasteiger charge is -2.11. The Morgan fingerprint density at radius 1 is 0.913 bits per heavy atom. The third kappa shape index (κ3) is 6.64. The summed E-state index contributed by atoms with van der Waals surface area (Å²) in [6.07, 6.45) is 13.8. The molecule has 0 bridgehead atoms. The van der Waals surface area contributed by atoms with Crippen LogP contribution in [-0.4, -0.2) is 16.5 Å². The summed E-state index contributed by atoms with van der Waals surface area (Å²) in [6.45, 7) is 3.95. The number of aryl methyl sites for hydroxylation is 1. The minimum atomic E-state index is -0.0478. The van der Waals surface area contributed by atoms with Gasteiger partial charge in [0.1, 0.15) is 11.5 Å². The summed E-state index contributed by atoms with van der Waals surface area (Å²) < 4.78 is 0. The van der Waals surface area contributed by atoms with E-state index in [2.05, 4.69) is 6.92 Å². The van der Waals surface area contributed by atoms with Gasteiger partial charge in [-0.3, -0.25) is 4.79 Å². The number of aldehydes is 1. The van der Waals surface area contributed by atoms with Crippen LogP contribution in [0.5, 0.6) is 11.5 Å². The lowest BCUT2D eigenvalue weighted by molar-refractivity contribution is 0.112. The van der Waals surface area contributed by atoms with E-state index in [1.165, 1.54) is 51.4 Å². The molecule has 0 aliphatic rings. The molecule has 0 saturated carbocycles. The van der Waals surface area contributed by atoms with Gasteiger partial charge in [-0.2, -0.15) is 0 Å². The van der Waals surface area contributed by atoms with Crippen LogP contribution in [0.3, 0.4) is 0 Å². The second kappa shape index (κ2) is 11.1. The molecule has 130 valence electrons. The highest BCUT2D eigenvalue weighted by Gasteiger charge is 2.14. The fourth-order valence-corrected chi connectivity index (χ4v) is 3.03. The molecule has 0 unspecified atom stereocenters. The van der Waals surface area contributed by atoms with Crippen LogP contribution >= 0.6 is 0 Å². The van der Waals surface area contributed by atoms with Crippen molar-refractivity contribution in [1.82, 2.24) is 0 Å². The van der Waals surface area contributed by atoms with Gasteiger partial charge in [-0.25, -0.2) is 0 Å². The summed E-state index contributed by atoms with van der Waals surface area (Å²) in [4.78, 5) is 11.0. The largest absolute Gasteiger partial charge is 0.508 e. The summed E-state index contributed by atoms with van der Waals surface area (Å²) in [5, 5.41) is 20.1. The van der Waals surface area contributed by atoms with Gasteiger partial charge in [-0.1, -0.05) is 64.7 Å². The summed E-state index contributed by atoms with van der Waals surface area (Å²) in [6, 6.07) is 1.56. The zero-order valence-corrected chi connectivity index (χ0v) is 14.7. The molecule has 1 aromatic carbocycles. The Hall–Kier alpha value is -1.51. The first kappa shape index (κ1) is 19.5. The Morgan fingerprint density at radius 3 is 1.96 bits per heavy atom. The minimum absolute atomic E-state index is 0.0478. The van der Waals surface area contributed by atoms with Gasteiger partial charge in [0.15, 0.2) is 6.29 Å². The van der Waals surface area contributed by atoms with E-state index in [9.17, 15) is 15.0 Å². The number of benzene rings is 1. The summed E-state index contributed by atoms with van der Waals surface area (Å²) >= 11 is 0. The quantitative estimate of drug-likeness (QED) is 0.384. The molecule has 1 aromatic rings. The normalized spacial score (nSPS) is 10.9.